The standard InChI is InChI=1S/C26H30NO5P/c1-19-10-8-11-20(2)24(19)31-33(29,32-25-21(3)12-9-13-22(25)4)17-16-27-26(28)30-18-23-14-6-5-7-15-23/h5-15H,16-18H2,1-4H3,(H,27,28). The lowest BCUT2D eigenvalue weighted by atomic mass is 10.1. The van der Waals surface area contributed by atoms with Gasteiger partial charge in [-0.1, -0.05) is 66.7 Å². The van der Waals surface area contributed by atoms with E-state index in [9.17, 15) is 9.36 Å². The molecule has 0 atom stereocenters. The zero-order valence-corrected chi connectivity index (χ0v) is 20.4. The van der Waals surface area contributed by atoms with Gasteiger partial charge in [0.15, 0.2) is 0 Å². The first-order chi connectivity index (χ1) is 15.8. The molecule has 3 aromatic carbocycles. The van der Waals surface area contributed by atoms with Crippen LogP contribution in [-0.4, -0.2) is 18.8 Å². The van der Waals surface area contributed by atoms with Crippen molar-refractivity contribution in [1.82, 2.24) is 5.32 Å². The smallest absolute Gasteiger partial charge is 0.432 e. The van der Waals surface area contributed by atoms with Crippen molar-refractivity contribution in [3.8, 4) is 11.5 Å². The van der Waals surface area contributed by atoms with Gasteiger partial charge >= 0.3 is 13.7 Å². The van der Waals surface area contributed by atoms with Crippen LogP contribution in [0.5, 0.6) is 11.5 Å². The van der Waals surface area contributed by atoms with Crippen molar-refractivity contribution >= 4 is 13.7 Å². The van der Waals surface area contributed by atoms with Gasteiger partial charge in [0.1, 0.15) is 18.1 Å². The molecule has 0 saturated carbocycles. The van der Waals surface area contributed by atoms with Crippen LogP contribution in [0.4, 0.5) is 4.79 Å². The number of benzene rings is 3. The number of hydrogen-bond donors (Lipinski definition) is 1. The monoisotopic (exact) mass is 467 g/mol. The van der Waals surface area contributed by atoms with Gasteiger partial charge in [-0.05, 0) is 55.5 Å². The molecule has 7 heteroatoms. The van der Waals surface area contributed by atoms with Crippen LogP contribution in [0.15, 0.2) is 66.7 Å². The summed E-state index contributed by atoms with van der Waals surface area (Å²) in [4.78, 5) is 12.1. The molecule has 0 saturated heterocycles. The molecule has 3 aromatic rings. The molecular weight excluding hydrogens is 437 g/mol. The number of carbonyl (C=O) groups is 1. The highest BCUT2D eigenvalue weighted by Crippen LogP contribution is 2.50. The number of nitrogens with one attached hydrogen (secondary N) is 1. The Morgan fingerprint density at radius 3 is 1.73 bits per heavy atom. The Morgan fingerprint density at radius 2 is 1.24 bits per heavy atom. The molecule has 0 aromatic heterocycles. The van der Waals surface area contributed by atoms with E-state index in [4.69, 9.17) is 13.8 Å². The van der Waals surface area contributed by atoms with Crippen LogP contribution in [-0.2, 0) is 15.9 Å². The van der Waals surface area contributed by atoms with Crippen LogP contribution in [0.1, 0.15) is 27.8 Å². The molecule has 0 heterocycles. The SMILES string of the molecule is Cc1cccc(C)c1OP(=O)(CCNC(=O)OCc1ccccc1)Oc1c(C)cccc1C. The predicted octanol–water partition coefficient (Wildman–Crippen LogP) is 6.50. The van der Waals surface area contributed by atoms with Crippen LogP contribution in [0.25, 0.3) is 0 Å². The molecule has 0 bridgehead atoms. The Hall–Kier alpha value is -3.24. The number of aryl methyl sites for hydroxylation is 4. The molecule has 0 aliphatic carbocycles. The first-order valence-electron chi connectivity index (χ1n) is 10.8. The van der Waals surface area contributed by atoms with Gasteiger partial charge in [0, 0.05) is 6.54 Å². The van der Waals surface area contributed by atoms with Gasteiger partial charge in [0.2, 0.25) is 0 Å². The fourth-order valence-electron chi connectivity index (χ4n) is 3.34. The molecule has 0 aliphatic heterocycles. The van der Waals surface area contributed by atoms with E-state index < -0.39 is 13.7 Å². The summed E-state index contributed by atoms with van der Waals surface area (Å²) < 4.78 is 31.2. The van der Waals surface area contributed by atoms with Gasteiger partial charge in [0.25, 0.3) is 0 Å². The van der Waals surface area contributed by atoms with Crippen molar-refractivity contribution in [1.29, 1.82) is 0 Å². The van der Waals surface area contributed by atoms with E-state index in [2.05, 4.69) is 5.32 Å². The normalized spacial score (nSPS) is 11.0. The number of ether oxygens (including phenoxy) is 1. The van der Waals surface area contributed by atoms with Crippen LogP contribution >= 0.6 is 7.60 Å². The second kappa shape index (κ2) is 11.1. The van der Waals surface area contributed by atoms with Gasteiger partial charge in [-0.25, -0.2) is 9.36 Å². The average molecular weight is 468 g/mol. The van der Waals surface area contributed by atoms with E-state index >= 15 is 0 Å². The minimum atomic E-state index is -3.67. The van der Waals surface area contributed by atoms with Crippen molar-refractivity contribution in [2.24, 2.45) is 0 Å². The summed E-state index contributed by atoms with van der Waals surface area (Å²) in [5, 5.41) is 2.65. The molecule has 0 radical (unpaired) electrons. The lowest BCUT2D eigenvalue weighted by Crippen LogP contribution is -2.28. The highest BCUT2D eigenvalue weighted by atomic mass is 31.2. The number of alkyl carbamates (subject to hydrolysis) is 1. The van der Waals surface area contributed by atoms with Gasteiger partial charge in [-0.3, -0.25) is 0 Å². The molecule has 6 nitrogen and oxygen atoms in total. The van der Waals surface area contributed by atoms with Crippen molar-refractivity contribution in [3.63, 3.8) is 0 Å². The lowest BCUT2D eigenvalue weighted by molar-refractivity contribution is 0.140. The Morgan fingerprint density at radius 1 is 0.758 bits per heavy atom. The Bertz CT molecular complexity index is 1050. The molecular formula is C26H30NO5P. The lowest BCUT2D eigenvalue weighted by Gasteiger charge is -2.24. The molecule has 33 heavy (non-hydrogen) atoms. The molecule has 0 aliphatic rings. The fraction of sp³-hybridized carbons (Fsp3) is 0.269. The maximum absolute atomic E-state index is 13.9. The second-order valence-corrected chi connectivity index (χ2v) is 9.98. The Labute approximate surface area is 195 Å². The molecule has 1 N–H and O–H groups in total. The third kappa shape index (κ3) is 6.87. The van der Waals surface area contributed by atoms with Crippen LogP contribution in [0, 0.1) is 27.7 Å². The summed E-state index contributed by atoms with van der Waals surface area (Å²) in [5.41, 5.74) is 4.31. The van der Waals surface area contributed by atoms with E-state index in [1.807, 2.05) is 94.4 Å². The van der Waals surface area contributed by atoms with Crippen molar-refractivity contribution < 1.29 is 23.1 Å². The van der Waals surface area contributed by atoms with Gasteiger partial charge < -0.3 is 19.1 Å². The molecule has 0 unspecified atom stereocenters. The highest BCUT2D eigenvalue weighted by Gasteiger charge is 2.30. The Balaban J connectivity index is 1.71. The number of carbonyl (C=O) groups excluding carboxylic acids is 1. The van der Waals surface area contributed by atoms with Crippen LogP contribution < -0.4 is 14.4 Å². The molecule has 1 amide bonds. The number of rotatable bonds is 9. The summed E-state index contributed by atoms with van der Waals surface area (Å²) in [6, 6.07) is 20.8. The van der Waals surface area contributed by atoms with E-state index in [-0.39, 0.29) is 19.3 Å². The van der Waals surface area contributed by atoms with Gasteiger partial charge in [0.05, 0.1) is 6.16 Å². The number of para-hydroxylation sites is 2. The number of amides is 1. The number of hydrogen-bond acceptors (Lipinski definition) is 5. The largest absolute Gasteiger partial charge is 0.445 e. The molecule has 0 spiro atoms. The first kappa shape index (κ1) is 24.4. The second-order valence-electron chi connectivity index (χ2n) is 7.95. The summed E-state index contributed by atoms with van der Waals surface area (Å²) >= 11 is 0. The fourth-order valence-corrected chi connectivity index (χ4v) is 5.08. The third-order valence-corrected chi connectivity index (χ3v) is 6.84. The van der Waals surface area contributed by atoms with Crippen molar-refractivity contribution in [2.75, 3.05) is 12.7 Å². The van der Waals surface area contributed by atoms with E-state index in [1.54, 1.807) is 0 Å². The molecule has 174 valence electrons. The maximum Gasteiger partial charge on any atom is 0.432 e. The zero-order valence-electron chi connectivity index (χ0n) is 19.5. The zero-order chi connectivity index (χ0) is 23.8. The summed E-state index contributed by atoms with van der Waals surface area (Å²) in [5.74, 6) is 1.05. The first-order valence-corrected chi connectivity index (χ1v) is 12.6. The highest BCUT2D eigenvalue weighted by molar-refractivity contribution is 7.54. The summed E-state index contributed by atoms with van der Waals surface area (Å²) in [7, 11) is -3.67. The van der Waals surface area contributed by atoms with E-state index in [0.717, 1.165) is 27.8 Å². The van der Waals surface area contributed by atoms with E-state index in [0.29, 0.717) is 11.5 Å². The maximum atomic E-state index is 13.9. The third-order valence-electron chi connectivity index (χ3n) is 5.15. The predicted molar refractivity (Wildman–Crippen MR) is 130 cm³/mol. The van der Waals surface area contributed by atoms with Crippen molar-refractivity contribution in [3.05, 3.63) is 94.5 Å². The van der Waals surface area contributed by atoms with Crippen LogP contribution in [0.3, 0.4) is 0 Å². The summed E-state index contributed by atoms with van der Waals surface area (Å²) in [6.45, 7) is 7.80. The van der Waals surface area contributed by atoms with Crippen LogP contribution in [0.2, 0.25) is 0 Å². The minimum absolute atomic E-state index is 0.0189. The molecule has 0 fully saturated rings. The quantitative estimate of drug-likeness (QED) is 0.364. The Kier molecular flexibility index (Phi) is 8.18. The summed E-state index contributed by atoms with van der Waals surface area (Å²) in [6.07, 6.45) is -0.612. The van der Waals surface area contributed by atoms with Crippen molar-refractivity contribution in [2.45, 2.75) is 34.3 Å². The molecule has 3 rings (SSSR count). The topological polar surface area (TPSA) is 73.9 Å². The van der Waals surface area contributed by atoms with Gasteiger partial charge in [-0.2, -0.15) is 0 Å². The van der Waals surface area contributed by atoms with Gasteiger partial charge in [-0.15, -0.1) is 0 Å². The minimum Gasteiger partial charge on any atom is -0.445 e. The van der Waals surface area contributed by atoms with E-state index in [1.165, 1.54) is 0 Å². The average Bonchev–Trinajstić information content (AvgIpc) is 2.78.